The molecule has 0 aromatic rings. The molecular weight excluding hydrogens is 673 g/mol. The van der Waals surface area contributed by atoms with E-state index < -0.39 is 6.10 Å². The number of unbranched alkanes of at least 4 members (excludes halogenated alkanes) is 18. The van der Waals surface area contributed by atoms with E-state index in [1.807, 2.05) is 0 Å². The van der Waals surface area contributed by atoms with E-state index in [9.17, 15) is 14.4 Å². The zero-order chi connectivity index (χ0) is 39.4. The Morgan fingerprint density at radius 3 is 1.19 bits per heavy atom. The fraction of sp³-hybridized carbons (Fsp3) is 0.729. The summed E-state index contributed by atoms with van der Waals surface area (Å²) in [5.74, 6) is -0.941. The van der Waals surface area contributed by atoms with Gasteiger partial charge in [-0.1, -0.05) is 165 Å². The maximum absolute atomic E-state index is 12.7. The number of rotatable bonds is 39. The second-order valence-electron chi connectivity index (χ2n) is 14.6. The van der Waals surface area contributed by atoms with Crippen LogP contribution in [0, 0.1) is 0 Å². The lowest BCUT2D eigenvalue weighted by atomic mass is 10.1. The van der Waals surface area contributed by atoms with Gasteiger partial charge in [0.2, 0.25) is 0 Å². The quantitative estimate of drug-likeness (QED) is 0.0269. The number of hydrogen-bond acceptors (Lipinski definition) is 6. The lowest BCUT2D eigenvalue weighted by Gasteiger charge is -2.18. The molecule has 0 aromatic heterocycles. The number of carbonyl (C=O) groups is 3. The van der Waals surface area contributed by atoms with Crippen molar-refractivity contribution in [1.29, 1.82) is 0 Å². The van der Waals surface area contributed by atoms with Crippen LogP contribution in [-0.2, 0) is 28.6 Å². The Morgan fingerprint density at radius 2 is 0.722 bits per heavy atom. The summed E-state index contributed by atoms with van der Waals surface area (Å²) in [5.41, 5.74) is 0. The van der Waals surface area contributed by atoms with Crippen LogP contribution in [0.4, 0.5) is 0 Å². The van der Waals surface area contributed by atoms with E-state index >= 15 is 0 Å². The molecule has 54 heavy (non-hydrogen) atoms. The van der Waals surface area contributed by atoms with Crippen LogP contribution in [0.5, 0.6) is 0 Å². The molecule has 0 aliphatic rings. The highest BCUT2D eigenvalue weighted by molar-refractivity contribution is 5.71. The van der Waals surface area contributed by atoms with E-state index in [1.54, 1.807) is 0 Å². The Labute approximate surface area is 332 Å². The summed E-state index contributed by atoms with van der Waals surface area (Å²) in [4.78, 5) is 37.5. The van der Waals surface area contributed by atoms with Crippen molar-refractivity contribution >= 4 is 17.9 Å². The second-order valence-corrected chi connectivity index (χ2v) is 14.6. The monoisotopic (exact) mass is 755 g/mol. The number of allylic oxidation sites excluding steroid dienone is 10. The maximum atomic E-state index is 12.7. The van der Waals surface area contributed by atoms with E-state index in [1.165, 1.54) is 70.6 Å². The molecule has 0 rings (SSSR count). The van der Waals surface area contributed by atoms with Gasteiger partial charge in [0, 0.05) is 19.3 Å². The zero-order valence-electron chi connectivity index (χ0n) is 35.2. The molecule has 0 saturated heterocycles. The van der Waals surface area contributed by atoms with Gasteiger partial charge >= 0.3 is 17.9 Å². The molecule has 0 saturated carbocycles. The minimum absolute atomic E-state index is 0.0895. The molecule has 0 aliphatic carbocycles. The Morgan fingerprint density at radius 1 is 0.389 bits per heavy atom. The molecule has 6 nitrogen and oxygen atoms in total. The number of carbonyl (C=O) groups excluding carboxylic acids is 3. The lowest BCUT2D eigenvalue weighted by molar-refractivity contribution is -0.167. The minimum Gasteiger partial charge on any atom is -0.462 e. The van der Waals surface area contributed by atoms with Crippen LogP contribution in [0.2, 0.25) is 0 Å². The first-order valence-corrected chi connectivity index (χ1v) is 22.3. The molecule has 0 heterocycles. The van der Waals surface area contributed by atoms with Gasteiger partial charge in [0.15, 0.2) is 6.10 Å². The standard InChI is InChI=1S/C48H82O6/c1-4-7-10-13-16-18-20-22-23-24-25-27-28-30-32-35-38-41-47(50)53-44-45(43-52-46(49)40-37-34-15-12-9-6-3)54-48(51)42-39-36-33-31-29-26-21-19-17-14-11-8-5-2/h8,11,16-19,22-23,26,29,45H,4-7,9-10,12-15,20-21,24-25,27-28,30-44H2,1-3H3/b11-8-,18-16-,19-17-,23-22-,29-26-. The van der Waals surface area contributed by atoms with Crippen molar-refractivity contribution in [3.63, 3.8) is 0 Å². The van der Waals surface area contributed by atoms with Crippen molar-refractivity contribution in [1.82, 2.24) is 0 Å². The van der Waals surface area contributed by atoms with Crippen molar-refractivity contribution in [2.24, 2.45) is 0 Å². The summed E-state index contributed by atoms with van der Waals surface area (Å²) in [6.07, 6.45) is 50.8. The Bertz CT molecular complexity index is 1010. The second kappa shape index (κ2) is 42.8. The van der Waals surface area contributed by atoms with E-state index in [0.717, 1.165) is 96.3 Å². The topological polar surface area (TPSA) is 78.9 Å². The predicted molar refractivity (Wildman–Crippen MR) is 228 cm³/mol. The minimum atomic E-state index is -0.787. The third-order valence-corrected chi connectivity index (χ3v) is 9.26. The van der Waals surface area contributed by atoms with Crippen molar-refractivity contribution < 1.29 is 28.6 Å². The Balaban J connectivity index is 4.32. The average Bonchev–Trinajstić information content (AvgIpc) is 3.17. The number of hydrogen-bond donors (Lipinski definition) is 0. The first kappa shape index (κ1) is 51.1. The van der Waals surface area contributed by atoms with Crippen LogP contribution >= 0.6 is 0 Å². The highest BCUT2D eigenvalue weighted by atomic mass is 16.6. The van der Waals surface area contributed by atoms with Gasteiger partial charge < -0.3 is 14.2 Å². The van der Waals surface area contributed by atoms with Crippen LogP contribution in [0.1, 0.15) is 207 Å². The fourth-order valence-corrected chi connectivity index (χ4v) is 5.90. The van der Waals surface area contributed by atoms with E-state index in [4.69, 9.17) is 14.2 Å². The zero-order valence-corrected chi connectivity index (χ0v) is 35.2. The van der Waals surface area contributed by atoms with Crippen LogP contribution in [0.15, 0.2) is 60.8 Å². The van der Waals surface area contributed by atoms with E-state index in [2.05, 4.69) is 81.5 Å². The van der Waals surface area contributed by atoms with Crippen LogP contribution in [0.3, 0.4) is 0 Å². The van der Waals surface area contributed by atoms with Crippen molar-refractivity contribution in [2.75, 3.05) is 13.2 Å². The predicted octanol–water partition coefficient (Wildman–Crippen LogP) is 14.1. The molecule has 1 unspecified atom stereocenters. The molecule has 0 spiro atoms. The summed E-state index contributed by atoms with van der Waals surface area (Å²) in [6.45, 7) is 6.39. The van der Waals surface area contributed by atoms with Gasteiger partial charge in [-0.3, -0.25) is 14.4 Å². The molecule has 0 aliphatic heterocycles. The van der Waals surface area contributed by atoms with Gasteiger partial charge in [-0.2, -0.15) is 0 Å². The molecule has 0 N–H and O–H groups in total. The number of esters is 3. The highest BCUT2D eigenvalue weighted by Gasteiger charge is 2.19. The van der Waals surface area contributed by atoms with Gasteiger partial charge in [0.1, 0.15) is 13.2 Å². The molecule has 310 valence electrons. The summed E-state index contributed by atoms with van der Waals surface area (Å²) in [5, 5.41) is 0. The highest BCUT2D eigenvalue weighted by Crippen LogP contribution is 2.13. The van der Waals surface area contributed by atoms with E-state index in [-0.39, 0.29) is 31.1 Å². The summed E-state index contributed by atoms with van der Waals surface area (Å²) >= 11 is 0. The van der Waals surface area contributed by atoms with Crippen LogP contribution < -0.4 is 0 Å². The van der Waals surface area contributed by atoms with Crippen molar-refractivity contribution in [3.8, 4) is 0 Å². The molecular formula is C48H82O6. The molecule has 0 bridgehead atoms. The third-order valence-electron chi connectivity index (χ3n) is 9.26. The first-order chi connectivity index (χ1) is 26.5. The van der Waals surface area contributed by atoms with Gasteiger partial charge in [-0.25, -0.2) is 0 Å². The Kier molecular flexibility index (Phi) is 40.6. The summed E-state index contributed by atoms with van der Waals surface area (Å²) in [7, 11) is 0. The molecule has 0 amide bonds. The Hall–Kier alpha value is -2.89. The van der Waals surface area contributed by atoms with Gasteiger partial charge in [0.25, 0.3) is 0 Å². The molecule has 0 aromatic carbocycles. The van der Waals surface area contributed by atoms with Crippen molar-refractivity contribution in [2.45, 2.75) is 213 Å². The average molecular weight is 755 g/mol. The van der Waals surface area contributed by atoms with Crippen molar-refractivity contribution in [3.05, 3.63) is 60.8 Å². The lowest BCUT2D eigenvalue weighted by Crippen LogP contribution is -2.30. The normalized spacial score (nSPS) is 12.6. The smallest absolute Gasteiger partial charge is 0.306 e. The molecule has 6 heteroatoms. The summed E-state index contributed by atoms with van der Waals surface area (Å²) < 4.78 is 16.6. The van der Waals surface area contributed by atoms with Crippen LogP contribution in [0.25, 0.3) is 0 Å². The molecule has 0 radical (unpaired) electrons. The molecule has 0 fully saturated rings. The largest absolute Gasteiger partial charge is 0.462 e. The SMILES string of the molecule is CC/C=C\C/C=C\C/C=C\CCCCCC(=O)OC(COC(=O)CCCCCCCC)COC(=O)CCCCCCCCC/C=C\C/C=C\CCCCC. The van der Waals surface area contributed by atoms with Gasteiger partial charge in [-0.15, -0.1) is 0 Å². The number of ether oxygens (including phenoxy) is 3. The van der Waals surface area contributed by atoms with E-state index in [0.29, 0.717) is 19.3 Å². The summed E-state index contributed by atoms with van der Waals surface area (Å²) in [6, 6.07) is 0. The van der Waals surface area contributed by atoms with Gasteiger partial charge in [0.05, 0.1) is 0 Å². The molecule has 1 atom stereocenters. The first-order valence-electron chi connectivity index (χ1n) is 22.3. The van der Waals surface area contributed by atoms with Gasteiger partial charge in [-0.05, 0) is 83.5 Å². The van der Waals surface area contributed by atoms with Crippen LogP contribution in [-0.4, -0.2) is 37.2 Å². The maximum Gasteiger partial charge on any atom is 0.306 e. The third kappa shape index (κ3) is 40.3. The fourth-order valence-electron chi connectivity index (χ4n) is 5.90.